The third-order valence-electron chi connectivity index (χ3n) is 10.1. The highest BCUT2D eigenvalue weighted by Crippen LogP contribution is 2.42. The van der Waals surface area contributed by atoms with Gasteiger partial charge in [-0.05, 0) is 64.7 Å². The summed E-state index contributed by atoms with van der Waals surface area (Å²) in [5.74, 6) is -3.65. The topological polar surface area (TPSA) is 171 Å². The van der Waals surface area contributed by atoms with Crippen LogP contribution in [0, 0.1) is 17.3 Å². The van der Waals surface area contributed by atoms with Gasteiger partial charge in [0.1, 0.15) is 16.4 Å². The molecule has 0 radical (unpaired) electrons. The number of hydrogen-bond donors (Lipinski definition) is 4. The fourth-order valence-corrected chi connectivity index (χ4v) is 8.80. The van der Waals surface area contributed by atoms with Crippen molar-refractivity contribution in [2.75, 3.05) is 18.8 Å². The SMILES string of the molecule is C=CCNC(=O)C(=O)C(CC1CC1)NC(=O)C1C(C(C)(Cl)Cl)CCN1C(=O)[C@@H](NC(=O)NC1(CS(=O)(=O)C(C)(C)C)CCCCC1)C(C)(C)C. The standard InChI is InChI=1S/C35H57Cl2N5O7S/c1-9-18-38-29(45)26(43)24(20-22-13-14-22)39-28(44)25-23(34(8,36)37)15-19-42(25)30(46)27(32(2,3)4)40-31(47)41-35(16-11-10-12-17-35)21-50(48,49)33(5,6)7/h9,22-25,27H,1,10-21H2,2-8H3,(H,38,45)(H,39,44)(H2,40,41,47)/t23?,24?,25?,27-/m1/s1. The van der Waals surface area contributed by atoms with Crippen LogP contribution in [0.1, 0.15) is 106 Å². The molecule has 4 N–H and O–H groups in total. The van der Waals surface area contributed by atoms with Gasteiger partial charge < -0.3 is 26.2 Å². The van der Waals surface area contributed by atoms with Crippen LogP contribution in [-0.4, -0.2) is 94.4 Å². The first kappa shape index (κ1) is 42.0. The third-order valence-corrected chi connectivity index (χ3v) is 13.5. The van der Waals surface area contributed by atoms with Gasteiger partial charge in [0, 0.05) is 19.0 Å². The van der Waals surface area contributed by atoms with Crippen molar-refractivity contribution in [1.82, 2.24) is 26.2 Å². The number of hydrogen-bond acceptors (Lipinski definition) is 7. The Bertz CT molecular complexity index is 1410. The van der Waals surface area contributed by atoms with Crippen molar-refractivity contribution in [3.05, 3.63) is 12.7 Å². The van der Waals surface area contributed by atoms with Gasteiger partial charge in [0.2, 0.25) is 17.6 Å². The first-order chi connectivity index (χ1) is 22.9. The zero-order valence-electron chi connectivity index (χ0n) is 30.6. The highest BCUT2D eigenvalue weighted by Gasteiger charge is 2.52. The van der Waals surface area contributed by atoms with E-state index in [1.807, 2.05) is 0 Å². The van der Waals surface area contributed by atoms with E-state index >= 15 is 0 Å². The second-order valence-electron chi connectivity index (χ2n) is 16.5. The van der Waals surface area contributed by atoms with Crippen LogP contribution in [0.2, 0.25) is 0 Å². The Labute approximate surface area is 307 Å². The van der Waals surface area contributed by atoms with Crippen LogP contribution in [0.3, 0.4) is 0 Å². The molecule has 2 aliphatic carbocycles. The summed E-state index contributed by atoms with van der Waals surface area (Å²) < 4.78 is 24.2. The molecule has 0 spiro atoms. The first-order valence-electron chi connectivity index (χ1n) is 17.6. The van der Waals surface area contributed by atoms with Crippen LogP contribution < -0.4 is 21.3 Å². The van der Waals surface area contributed by atoms with Crippen LogP contribution >= 0.6 is 23.2 Å². The number of sulfone groups is 1. The van der Waals surface area contributed by atoms with Crippen LogP contribution in [0.4, 0.5) is 4.79 Å². The number of nitrogens with zero attached hydrogens (tertiary/aromatic N) is 1. The number of Topliss-reactive ketones (excluding diaryl/α,β-unsaturated/α-hetero) is 1. The minimum atomic E-state index is -3.60. The number of amides is 5. The minimum Gasteiger partial charge on any atom is -0.346 e. The van der Waals surface area contributed by atoms with Gasteiger partial charge in [-0.3, -0.25) is 19.2 Å². The molecule has 4 atom stereocenters. The van der Waals surface area contributed by atoms with Crippen molar-refractivity contribution in [3.8, 4) is 0 Å². The number of carbonyl (C=O) groups excluding carboxylic acids is 5. The van der Waals surface area contributed by atoms with Gasteiger partial charge in [0.15, 0.2) is 9.84 Å². The van der Waals surface area contributed by atoms with E-state index in [0.717, 1.165) is 32.1 Å². The molecule has 5 amide bonds. The van der Waals surface area contributed by atoms with Gasteiger partial charge >= 0.3 is 6.03 Å². The smallest absolute Gasteiger partial charge is 0.315 e. The maximum atomic E-state index is 14.5. The average molecular weight is 763 g/mol. The van der Waals surface area contributed by atoms with E-state index in [0.29, 0.717) is 12.8 Å². The lowest BCUT2D eigenvalue weighted by atomic mass is 9.83. The Hall–Kier alpha value is -2.38. The molecule has 50 heavy (non-hydrogen) atoms. The molecule has 0 aromatic heterocycles. The number of urea groups is 1. The van der Waals surface area contributed by atoms with Gasteiger partial charge in [0.05, 0.1) is 22.1 Å². The second kappa shape index (κ2) is 16.1. The number of halogens is 2. The second-order valence-corrected chi connectivity index (χ2v) is 21.0. The molecule has 15 heteroatoms. The molecule has 12 nitrogen and oxygen atoms in total. The summed E-state index contributed by atoms with van der Waals surface area (Å²) in [5, 5.41) is 11.0. The predicted molar refractivity (Wildman–Crippen MR) is 195 cm³/mol. The molecule has 284 valence electrons. The Morgan fingerprint density at radius 2 is 1.54 bits per heavy atom. The largest absolute Gasteiger partial charge is 0.346 e. The van der Waals surface area contributed by atoms with Crippen molar-refractivity contribution in [1.29, 1.82) is 0 Å². The van der Waals surface area contributed by atoms with E-state index in [1.54, 1.807) is 41.5 Å². The van der Waals surface area contributed by atoms with Gasteiger partial charge in [0.25, 0.3) is 5.91 Å². The summed E-state index contributed by atoms with van der Waals surface area (Å²) in [5.41, 5.74) is -1.84. The monoisotopic (exact) mass is 761 g/mol. The Morgan fingerprint density at radius 1 is 0.940 bits per heavy atom. The van der Waals surface area contributed by atoms with Crippen LogP contribution in [0.25, 0.3) is 0 Å². The van der Waals surface area contributed by atoms with Crippen molar-refractivity contribution < 1.29 is 32.4 Å². The molecule has 1 aliphatic heterocycles. The van der Waals surface area contributed by atoms with Gasteiger partial charge in [-0.15, -0.1) is 29.8 Å². The summed E-state index contributed by atoms with van der Waals surface area (Å²) in [6.45, 7) is 15.5. The van der Waals surface area contributed by atoms with E-state index in [9.17, 15) is 32.4 Å². The van der Waals surface area contributed by atoms with Crippen LogP contribution in [0.5, 0.6) is 0 Å². The Kier molecular flexibility index (Phi) is 13.5. The number of likely N-dealkylation sites (tertiary alicyclic amines) is 1. The van der Waals surface area contributed by atoms with Crippen molar-refractivity contribution in [2.45, 2.75) is 139 Å². The Morgan fingerprint density at radius 3 is 2.04 bits per heavy atom. The van der Waals surface area contributed by atoms with Crippen LogP contribution in [-0.2, 0) is 29.0 Å². The normalized spacial score (nSPS) is 22.5. The zero-order chi connectivity index (χ0) is 37.9. The third kappa shape index (κ3) is 10.8. The molecule has 0 aromatic rings. The highest BCUT2D eigenvalue weighted by molar-refractivity contribution is 7.92. The molecule has 3 rings (SSSR count). The molecule has 3 aliphatic rings. The van der Waals surface area contributed by atoms with Crippen molar-refractivity contribution in [2.24, 2.45) is 17.3 Å². The fraction of sp³-hybridized carbons (Fsp3) is 0.800. The van der Waals surface area contributed by atoms with E-state index in [2.05, 4.69) is 27.8 Å². The molecule has 1 heterocycles. The molecular weight excluding hydrogens is 705 g/mol. The number of carbonyl (C=O) groups is 5. The van der Waals surface area contributed by atoms with Crippen molar-refractivity contribution in [3.63, 3.8) is 0 Å². The molecule has 3 unspecified atom stereocenters. The zero-order valence-corrected chi connectivity index (χ0v) is 33.0. The molecule has 0 bridgehead atoms. The maximum absolute atomic E-state index is 14.5. The number of alkyl halides is 2. The van der Waals surface area contributed by atoms with Crippen molar-refractivity contribution >= 4 is 62.6 Å². The molecule has 0 aromatic carbocycles. The summed E-state index contributed by atoms with van der Waals surface area (Å²) >= 11 is 13.2. The maximum Gasteiger partial charge on any atom is 0.315 e. The van der Waals surface area contributed by atoms with E-state index in [1.165, 1.54) is 17.9 Å². The Balaban J connectivity index is 1.89. The molecule has 1 saturated heterocycles. The molecular formula is C35H57Cl2N5O7S. The number of ketones is 1. The molecule has 2 saturated carbocycles. The summed E-state index contributed by atoms with van der Waals surface area (Å²) in [6.07, 6.45) is 7.12. The minimum absolute atomic E-state index is 0.0841. The highest BCUT2D eigenvalue weighted by atomic mass is 35.5. The number of nitrogens with one attached hydrogen (secondary N) is 4. The van der Waals surface area contributed by atoms with E-state index in [4.69, 9.17) is 23.2 Å². The number of rotatable bonds is 14. The lowest BCUT2D eigenvalue weighted by Crippen LogP contribution is -2.64. The average Bonchev–Trinajstić information content (AvgIpc) is 3.68. The molecule has 3 fully saturated rings. The van der Waals surface area contributed by atoms with Crippen LogP contribution in [0.15, 0.2) is 12.7 Å². The first-order valence-corrected chi connectivity index (χ1v) is 20.1. The quantitative estimate of drug-likeness (QED) is 0.117. The van der Waals surface area contributed by atoms with E-state index in [-0.39, 0.29) is 37.6 Å². The predicted octanol–water partition coefficient (Wildman–Crippen LogP) is 4.18. The lowest BCUT2D eigenvalue weighted by Gasteiger charge is -2.41. The van der Waals surface area contributed by atoms with Gasteiger partial charge in [-0.1, -0.05) is 59.0 Å². The summed E-state index contributed by atoms with van der Waals surface area (Å²) in [4.78, 5) is 69.4. The lowest BCUT2D eigenvalue weighted by molar-refractivity contribution is -0.144. The fourth-order valence-electron chi connectivity index (χ4n) is 6.82. The van der Waals surface area contributed by atoms with Gasteiger partial charge in [-0.2, -0.15) is 0 Å². The van der Waals surface area contributed by atoms with Gasteiger partial charge in [-0.25, -0.2) is 13.2 Å². The summed E-state index contributed by atoms with van der Waals surface area (Å²) in [7, 11) is -3.60. The van der Waals surface area contributed by atoms with E-state index < -0.39 is 83.5 Å². The summed E-state index contributed by atoms with van der Waals surface area (Å²) in [6, 6.07) is -4.14.